The molecule has 0 unspecified atom stereocenters. The molecular formula is C15H12FN5O2. The fourth-order valence-corrected chi connectivity index (χ4v) is 2.99. The molecule has 0 bridgehead atoms. The number of halogens is 1. The van der Waals surface area contributed by atoms with Gasteiger partial charge in [0.25, 0.3) is 11.8 Å². The highest BCUT2D eigenvalue weighted by atomic mass is 19.1. The molecular weight excluding hydrogens is 301 g/mol. The topological polar surface area (TPSA) is 112 Å². The lowest BCUT2D eigenvalue weighted by atomic mass is 9.97. The van der Waals surface area contributed by atoms with Crippen LogP contribution in [0, 0.1) is 5.82 Å². The van der Waals surface area contributed by atoms with Crippen molar-refractivity contribution < 1.29 is 14.0 Å². The van der Waals surface area contributed by atoms with E-state index in [0.29, 0.717) is 40.7 Å². The van der Waals surface area contributed by atoms with Gasteiger partial charge in [-0.05, 0) is 30.2 Å². The average Bonchev–Trinajstić information content (AvgIpc) is 2.98. The minimum absolute atomic E-state index is 0.00797. The summed E-state index contributed by atoms with van der Waals surface area (Å²) in [4.78, 5) is 30.9. The zero-order valence-corrected chi connectivity index (χ0v) is 11.9. The highest BCUT2D eigenvalue weighted by Gasteiger charge is 2.30. The van der Waals surface area contributed by atoms with Crippen molar-refractivity contribution in [1.82, 2.24) is 15.6 Å². The number of hydrogen-bond donors (Lipinski definition) is 4. The maximum absolute atomic E-state index is 13.7. The normalized spacial score (nSPS) is 20.8. The second kappa shape index (κ2) is 4.67. The van der Waals surface area contributed by atoms with Crippen LogP contribution in [0.15, 0.2) is 28.9 Å². The molecule has 0 radical (unpaired) electrons. The lowest BCUT2D eigenvalue weighted by Crippen LogP contribution is -2.26. The summed E-state index contributed by atoms with van der Waals surface area (Å²) in [6.07, 6.45) is 0.402. The maximum Gasteiger partial charge on any atom is 0.296 e. The van der Waals surface area contributed by atoms with Crippen molar-refractivity contribution >= 4 is 34.2 Å². The number of aromatic amines is 1. The number of aliphatic imine (C=N–C) groups is 1. The smallest absolute Gasteiger partial charge is 0.296 e. The molecule has 0 atom stereocenters. The average molecular weight is 313 g/mol. The van der Waals surface area contributed by atoms with Crippen LogP contribution < -0.4 is 16.4 Å². The molecule has 2 aliphatic rings. The fraction of sp³-hybridized carbons (Fsp3) is 0.133. The molecule has 1 aromatic heterocycles. The van der Waals surface area contributed by atoms with Gasteiger partial charge in [-0.1, -0.05) is 0 Å². The quantitative estimate of drug-likeness (QED) is 0.533. The van der Waals surface area contributed by atoms with Crippen molar-refractivity contribution in [2.24, 2.45) is 10.7 Å². The van der Waals surface area contributed by atoms with E-state index in [-0.39, 0.29) is 17.6 Å². The van der Waals surface area contributed by atoms with Gasteiger partial charge < -0.3 is 21.4 Å². The number of amides is 2. The van der Waals surface area contributed by atoms with Gasteiger partial charge in [-0.25, -0.2) is 4.39 Å². The van der Waals surface area contributed by atoms with Gasteiger partial charge >= 0.3 is 0 Å². The summed E-state index contributed by atoms with van der Waals surface area (Å²) in [5, 5.41) is 6.03. The number of guanidine groups is 1. The largest absolute Gasteiger partial charge is 0.369 e. The van der Waals surface area contributed by atoms with Gasteiger partial charge in [0.2, 0.25) is 5.96 Å². The molecule has 0 saturated carbocycles. The minimum Gasteiger partial charge on any atom is -0.369 e. The Morgan fingerprint density at radius 3 is 2.83 bits per heavy atom. The van der Waals surface area contributed by atoms with Crippen molar-refractivity contribution in [2.45, 2.75) is 6.42 Å². The number of nitrogens with zero attached hydrogens (tertiary/aromatic N) is 1. The minimum atomic E-state index is -0.497. The van der Waals surface area contributed by atoms with Gasteiger partial charge in [0.05, 0.1) is 0 Å². The lowest BCUT2D eigenvalue weighted by Gasteiger charge is -2.08. The van der Waals surface area contributed by atoms with Crippen LogP contribution in [0.4, 0.5) is 4.39 Å². The Morgan fingerprint density at radius 2 is 2.09 bits per heavy atom. The molecule has 8 heteroatoms. The van der Waals surface area contributed by atoms with E-state index in [9.17, 15) is 14.0 Å². The first-order valence-corrected chi connectivity index (χ1v) is 7.03. The fourth-order valence-electron chi connectivity index (χ4n) is 2.99. The van der Waals surface area contributed by atoms with Crippen LogP contribution in [-0.2, 0) is 4.79 Å². The Labute approximate surface area is 129 Å². The van der Waals surface area contributed by atoms with Crippen molar-refractivity contribution in [3.8, 4) is 0 Å². The number of nitrogens with two attached hydrogens (primary N) is 1. The van der Waals surface area contributed by atoms with E-state index >= 15 is 0 Å². The molecule has 3 heterocycles. The van der Waals surface area contributed by atoms with Crippen LogP contribution in [-0.4, -0.2) is 29.3 Å². The van der Waals surface area contributed by atoms with Crippen LogP contribution >= 0.6 is 0 Å². The van der Waals surface area contributed by atoms with E-state index in [1.54, 1.807) is 6.07 Å². The van der Waals surface area contributed by atoms with E-state index in [2.05, 4.69) is 20.6 Å². The molecule has 5 N–H and O–H groups in total. The van der Waals surface area contributed by atoms with E-state index in [1.807, 2.05) is 0 Å². The molecule has 7 nitrogen and oxygen atoms in total. The first-order chi connectivity index (χ1) is 11.0. The molecule has 0 aliphatic carbocycles. The van der Waals surface area contributed by atoms with Crippen LogP contribution in [0.25, 0.3) is 16.5 Å². The van der Waals surface area contributed by atoms with Crippen molar-refractivity contribution in [3.63, 3.8) is 0 Å². The molecule has 2 aromatic rings. The van der Waals surface area contributed by atoms with Gasteiger partial charge in [-0.15, -0.1) is 0 Å². The molecule has 23 heavy (non-hydrogen) atoms. The number of nitrogens with one attached hydrogen (secondary N) is 3. The second-order valence-corrected chi connectivity index (χ2v) is 5.35. The Kier molecular flexibility index (Phi) is 2.74. The zero-order valence-electron chi connectivity index (χ0n) is 11.9. The Morgan fingerprint density at radius 1 is 1.26 bits per heavy atom. The van der Waals surface area contributed by atoms with Crippen molar-refractivity contribution in [3.05, 3.63) is 41.0 Å². The first kappa shape index (κ1) is 13.5. The van der Waals surface area contributed by atoms with Crippen LogP contribution in [0.1, 0.15) is 22.5 Å². The van der Waals surface area contributed by atoms with E-state index in [4.69, 9.17) is 5.73 Å². The summed E-state index contributed by atoms with van der Waals surface area (Å²) in [5.74, 6) is -1.21. The standard InChI is InChI=1S/C15H12FN5O2/c16-6-1-2-9-8(5-6)10-7(11-14(23)21-15(17)20-11)3-4-18-13(22)12(10)19-9/h1-2,5,19H,3-4H2,(H,18,22)(H3,17,20,21,23)/b11-7-. The number of carbonyl (C=O) groups excluding carboxylic acids is 2. The Bertz CT molecular complexity index is 941. The summed E-state index contributed by atoms with van der Waals surface area (Å²) < 4.78 is 13.7. The zero-order chi connectivity index (χ0) is 16.1. The predicted octanol–water partition coefficient (Wildman–Crippen LogP) is 0.596. The van der Waals surface area contributed by atoms with Gasteiger partial charge in [0.1, 0.15) is 17.2 Å². The third-order valence-corrected chi connectivity index (χ3v) is 3.94. The molecule has 2 aliphatic heterocycles. The van der Waals surface area contributed by atoms with Gasteiger partial charge in [0, 0.05) is 23.0 Å². The lowest BCUT2D eigenvalue weighted by molar-refractivity contribution is -0.114. The number of H-pyrrole nitrogens is 1. The molecule has 2 amide bonds. The molecule has 116 valence electrons. The second-order valence-electron chi connectivity index (χ2n) is 5.35. The summed E-state index contributed by atoms with van der Waals surface area (Å²) in [6, 6.07) is 4.21. The highest BCUT2D eigenvalue weighted by molar-refractivity contribution is 6.17. The van der Waals surface area contributed by atoms with Gasteiger partial charge in [0.15, 0.2) is 0 Å². The third-order valence-electron chi connectivity index (χ3n) is 3.94. The number of aromatic nitrogens is 1. The maximum atomic E-state index is 13.7. The summed E-state index contributed by atoms with van der Waals surface area (Å²) in [6.45, 7) is 0.353. The van der Waals surface area contributed by atoms with Gasteiger partial charge in [-0.2, -0.15) is 4.99 Å². The Balaban J connectivity index is 2.05. The molecule has 0 saturated heterocycles. The van der Waals surface area contributed by atoms with Gasteiger partial charge in [-0.3, -0.25) is 9.59 Å². The Hall–Kier alpha value is -3.16. The molecule has 0 spiro atoms. The number of rotatable bonds is 0. The van der Waals surface area contributed by atoms with E-state index in [1.165, 1.54) is 12.1 Å². The number of fused-ring (bicyclic) bond motifs is 3. The molecule has 4 rings (SSSR count). The predicted molar refractivity (Wildman–Crippen MR) is 81.9 cm³/mol. The summed E-state index contributed by atoms with van der Waals surface area (Å²) >= 11 is 0. The monoisotopic (exact) mass is 313 g/mol. The van der Waals surface area contributed by atoms with Crippen molar-refractivity contribution in [1.29, 1.82) is 0 Å². The number of carbonyl (C=O) groups is 2. The number of hydrogen-bond acceptors (Lipinski definition) is 4. The first-order valence-electron chi connectivity index (χ1n) is 7.03. The summed E-state index contributed by atoms with van der Waals surface area (Å²) in [7, 11) is 0. The highest BCUT2D eigenvalue weighted by Crippen LogP contribution is 2.35. The summed E-state index contributed by atoms with van der Waals surface area (Å²) in [5.41, 5.74) is 7.79. The van der Waals surface area contributed by atoms with Crippen LogP contribution in [0.3, 0.4) is 0 Å². The van der Waals surface area contributed by atoms with E-state index < -0.39 is 11.7 Å². The SMILES string of the molecule is NC1=NC(=O)/C(=C2\CCNC(=O)c3[nH]c4ccc(F)cc4c32)N1. The number of benzene rings is 1. The third kappa shape index (κ3) is 1.99. The van der Waals surface area contributed by atoms with Crippen LogP contribution in [0.2, 0.25) is 0 Å². The molecule has 0 fully saturated rings. The molecule has 1 aromatic carbocycles. The van der Waals surface area contributed by atoms with E-state index in [0.717, 1.165) is 0 Å². The van der Waals surface area contributed by atoms with Crippen LogP contribution in [0.5, 0.6) is 0 Å². The van der Waals surface area contributed by atoms with Crippen molar-refractivity contribution in [2.75, 3.05) is 6.54 Å².